The molecule has 0 saturated heterocycles. The number of aromatic nitrogens is 1. The number of aryl methyl sites for hydroxylation is 1. The molecule has 0 N–H and O–H groups in total. The van der Waals surface area contributed by atoms with Crippen molar-refractivity contribution in [3.05, 3.63) is 40.2 Å². The zero-order valence-corrected chi connectivity index (χ0v) is 15.2. The van der Waals surface area contributed by atoms with Gasteiger partial charge >= 0.3 is 5.97 Å². The minimum atomic E-state index is -0.587. The number of carbonyl (C=O) groups is 1. The van der Waals surface area contributed by atoms with Crippen LogP contribution in [-0.2, 0) is 11.3 Å². The molecule has 0 amide bonds. The molecular formula is C18H24N4O3. The molecule has 2 aromatic rings. The van der Waals surface area contributed by atoms with Gasteiger partial charge in [-0.05, 0) is 31.5 Å². The first-order valence-electron chi connectivity index (χ1n) is 8.41. The van der Waals surface area contributed by atoms with E-state index < -0.39 is 5.97 Å². The lowest BCUT2D eigenvalue weighted by molar-refractivity contribution is 0.0524. The maximum absolute atomic E-state index is 12.7. The molecule has 25 heavy (non-hydrogen) atoms. The highest BCUT2D eigenvalue weighted by Crippen LogP contribution is 2.21. The molecule has 1 heterocycles. The number of ether oxygens (including phenoxy) is 1. The molecule has 0 unspecified atom stereocenters. The summed E-state index contributed by atoms with van der Waals surface area (Å²) in [6.45, 7) is 4.74. The van der Waals surface area contributed by atoms with Gasteiger partial charge in [0.1, 0.15) is 5.56 Å². The highest BCUT2D eigenvalue weighted by atomic mass is 16.5. The molecule has 0 bridgehead atoms. The molecule has 0 atom stereocenters. The summed E-state index contributed by atoms with van der Waals surface area (Å²) in [5.74, 6) is -0.587. The van der Waals surface area contributed by atoms with Gasteiger partial charge in [0.25, 0.3) is 0 Å². The SMILES string of the molecule is CCCCn1cc(C(=O)OCC)c(=O)c2ccc(/N=N/N(C)C)cc21. The van der Waals surface area contributed by atoms with Gasteiger partial charge in [0, 0.05) is 32.2 Å². The molecule has 7 nitrogen and oxygen atoms in total. The Bertz CT molecular complexity index is 840. The number of benzene rings is 1. The van der Waals surface area contributed by atoms with Crippen molar-refractivity contribution in [1.82, 2.24) is 9.58 Å². The van der Waals surface area contributed by atoms with E-state index in [2.05, 4.69) is 17.3 Å². The largest absolute Gasteiger partial charge is 0.462 e. The Morgan fingerprint density at radius 1 is 1.28 bits per heavy atom. The molecule has 0 aliphatic carbocycles. The average molecular weight is 344 g/mol. The lowest BCUT2D eigenvalue weighted by Crippen LogP contribution is -2.21. The van der Waals surface area contributed by atoms with Crippen LogP contribution in [0.1, 0.15) is 37.0 Å². The van der Waals surface area contributed by atoms with E-state index in [9.17, 15) is 9.59 Å². The van der Waals surface area contributed by atoms with Crippen molar-refractivity contribution in [1.29, 1.82) is 0 Å². The van der Waals surface area contributed by atoms with Crippen LogP contribution in [0.5, 0.6) is 0 Å². The van der Waals surface area contributed by atoms with Crippen LogP contribution in [0, 0.1) is 0 Å². The van der Waals surface area contributed by atoms with Crippen molar-refractivity contribution in [2.24, 2.45) is 10.3 Å². The van der Waals surface area contributed by atoms with Crippen molar-refractivity contribution in [3.8, 4) is 0 Å². The van der Waals surface area contributed by atoms with E-state index in [-0.39, 0.29) is 17.6 Å². The third-order valence-corrected chi connectivity index (χ3v) is 3.65. The highest BCUT2D eigenvalue weighted by molar-refractivity contribution is 5.94. The fourth-order valence-corrected chi connectivity index (χ4v) is 2.45. The third kappa shape index (κ3) is 4.43. The Morgan fingerprint density at radius 3 is 2.68 bits per heavy atom. The van der Waals surface area contributed by atoms with Crippen LogP contribution in [0.2, 0.25) is 0 Å². The Labute approximate surface area is 146 Å². The molecule has 1 aromatic carbocycles. The normalized spacial score (nSPS) is 11.2. The van der Waals surface area contributed by atoms with E-state index in [0.29, 0.717) is 17.6 Å². The van der Waals surface area contributed by atoms with E-state index >= 15 is 0 Å². The number of esters is 1. The van der Waals surface area contributed by atoms with Crippen molar-refractivity contribution in [3.63, 3.8) is 0 Å². The Hall–Kier alpha value is -2.70. The van der Waals surface area contributed by atoms with Gasteiger partial charge in [0.15, 0.2) is 0 Å². The van der Waals surface area contributed by atoms with Gasteiger partial charge < -0.3 is 9.30 Å². The minimum absolute atomic E-state index is 0.0631. The Balaban J connectivity index is 2.62. The van der Waals surface area contributed by atoms with E-state index in [0.717, 1.165) is 18.4 Å². The molecule has 0 aliphatic heterocycles. The molecule has 0 saturated carbocycles. The number of hydrogen-bond donors (Lipinski definition) is 0. The molecule has 7 heteroatoms. The fourth-order valence-electron chi connectivity index (χ4n) is 2.45. The summed E-state index contributed by atoms with van der Waals surface area (Å²) in [5.41, 5.74) is 1.13. The molecule has 0 radical (unpaired) electrons. The first-order valence-corrected chi connectivity index (χ1v) is 8.41. The number of hydrogen-bond acceptors (Lipinski definition) is 5. The molecule has 2 rings (SSSR count). The fraction of sp³-hybridized carbons (Fsp3) is 0.444. The summed E-state index contributed by atoms with van der Waals surface area (Å²) in [6.07, 6.45) is 3.53. The van der Waals surface area contributed by atoms with Crippen LogP contribution in [0.4, 0.5) is 5.69 Å². The van der Waals surface area contributed by atoms with E-state index in [1.165, 1.54) is 0 Å². The standard InChI is InChI=1S/C18H24N4O3/c1-5-7-10-22-12-15(18(24)25-6-2)17(23)14-9-8-13(11-16(14)22)19-20-21(3)4/h8-9,11-12H,5-7,10H2,1-4H3/b20-19+. The third-order valence-electron chi connectivity index (χ3n) is 3.65. The first kappa shape index (κ1) is 18.6. The average Bonchev–Trinajstić information content (AvgIpc) is 2.59. The summed E-state index contributed by atoms with van der Waals surface area (Å²) in [7, 11) is 3.57. The van der Waals surface area contributed by atoms with E-state index in [1.54, 1.807) is 44.4 Å². The van der Waals surface area contributed by atoms with Crippen LogP contribution >= 0.6 is 0 Å². The quantitative estimate of drug-likeness (QED) is 0.437. The van der Waals surface area contributed by atoms with Crippen LogP contribution < -0.4 is 5.43 Å². The number of unbranched alkanes of at least 4 members (excludes halogenated alkanes) is 1. The predicted octanol–water partition coefficient (Wildman–Crippen LogP) is 3.54. The van der Waals surface area contributed by atoms with Gasteiger partial charge in [-0.2, -0.15) is 0 Å². The van der Waals surface area contributed by atoms with Gasteiger partial charge in [-0.3, -0.25) is 9.80 Å². The molecule has 0 spiro atoms. The summed E-state index contributed by atoms with van der Waals surface area (Å²) in [4.78, 5) is 24.8. The second-order valence-electron chi connectivity index (χ2n) is 5.88. The Morgan fingerprint density at radius 2 is 2.04 bits per heavy atom. The predicted molar refractivity (Wildman–Crippen MR) is 97.3 cm³/mol. The van der Waals surface area contributed by atoms with Gasteiger partial charge in [-0.15, -0.1) is 5.11 Å². The van der Waals surface area contributed by atoms with Crippen molar-refractivity contribution >= 4 is 22.6 Å². The summed E-state index contributed by atoms with van der Waals surface area (Å²) in [5, 5.41) is 10.2. The van der Waals surface area contributed by atoms with Crippen LogP contribution in [0.25, 0.3) is 10.9 Å². The van der Waals surface area contributed by atoms with E-state index in [1.807, 2.05) is 10.6 Å². The monoisotopic (exact) mass is 344 g/mol. The van der Waals surface area contributed by atoms with Crippen molar-refractivity contribution in [2.45, 2.75) is 33.2 Å². The highest BCUT2D eigenvalue weighted by Gasteiger charge is 2.16. The van der Waals surface area contributed by atoms with Crippen LogP contribution in [0.15, 0.2) is 39.5 Å². The van der Waals surface area contributed by atoms with Crippen LogP contribution in [0.3, 0.4) is 0 Å². The second-order valence-corrected chi connectivity index (χ2v) is 5.88. The molecule has 0 aliphatic rings. The summed E-state index contributed by atoms with van der Waals surface area (Å²) in [6, 6.07) is 5.22. The van der Waals surface area contributed by atoms with Crippen molar-refractivity contribution < 1.29 is 9.53 Å². The second kappa shape index (κ2) is 8.41. The lowest BCUT2D eigenvalue weighted by atomic mass is 10.1. The molecule has 0 fully saturated rings. The number of fused-ring (bicyclic) bond motifs is 1. The minimum Gasteiger partial charge on any atom is -0.462 e. The molecule has 1 aromatic heterocycles. The number of rotatable bonds is 7. The van der Waals surface area contributed by atoms with Gasteiger partial charge in [0.05, 0.1) is 17.8 Å². The van der Waals surface area contributed by atoms with Gasteiger partial charge in [-0.1, -0.05) is 18.6 Å². The maximum atomic E-state index is 12.7. The smallest absolute Gasteiger partial charge is 0.343 e. The summed E-state index contributed by atoms with van der Waals surface area (Å²) >= 11 is 0. The number of carbonyl (C=O) groups excluding carboxylic acids is 1. The molecule has 134 valence electrons. The lowest BCUT2D eigenvalue weighted by Gasteiger charge is -2.13. The maximum Gasteiger partial charge on any atom is 0.343 e. The number of nitrogens with zero attached hydrogens (tertiary/aromatic N) is 4. The van der Waals surface area contributed by atoms with Crippen LogP contribution in [-0.4, -0.2) is 36.2 Å². The summed E-state index contributed by atoms with van der Waals surface area (Å²) < 4.78 is 6.93. The zero-order chi connectivity index (χ0) is 18.4. The molecular weight excluding hydrogens is 320 g/mol. The number of pyridine rings is 1. The van der Waals surface area contributed by atoms with Crippen molar-refractivity contribution in [2.75, 3.05) is 20.7 Å². The van der Waals surface area contributed by atoms with E-state index in [4.69, 9.17) is 4.74 Å². The first-order chi connectivity index (χ1) is 12.0. The van der Waals surface area contributed by atoms with Gasteiger partial charge in [0.2, 0.25) is 5.43 Å². The topological polar surface area (TPSA) is 76.3 Å². The Kier molecular flexibility index (Phi) is 6.27. The zero-order valence-electron chi connectivity index (χ0n) is 15.2. The van der Waals surface area contributed by atoms with Gasteiger partial charge in [-0.25, -0.2) is 4.79 Å².